The molecule has 0 nitrogen and oxygen atoms in total. The van der Waals surface area contributed by atoms with Crippen LogP contribution in [0.2, 0.25) is 0 Å². The van der Waals surface area contributed by atoms with Gasteiger partial charge in [0.2, 0.25) is 0 Å². The third kappa shape index (κ3) is 10.5. The summed E-state index contributed by atoms with van der Waals surface area (Å²) in [5.41, 5.74) is 1.24. The summed E-state index contributed by atoms with van der Waals surface area (Å²) in [6.45, 7) is 5.24. The van der Waals surface area contributed by atoms with E-state index in [9.17, 15) is 0 Å². The average molecular weight is 389 g/mol. The predicted molar refractivity (Wildman–Crippen MR) is 127 cm³/mol. The quantitative estimate of drug-likeness (QED) is 0.362. The zero-order valence-corrected chi connectivity index (χ0v) is 19.7. The van der Waals surface area contributed by atoms with Crippen molar-refractivity contribution in [2.24, 2.45) is 10.8 Å². The first kappa shape index (κ1) is 24.0. The second-order valence-corrected chi connectivity index (χ2v) is 11.1. The lowest BCUT2D eigenvalue weighted by atomic mass is 9.75. The molecule has 3 rings (SSSR count). The lowest BCUT2D eigenvalue weighted by Gasteiger charge is -2.31. The molecule has 0 aromatic heterocycles. The van der Waals surface area contributed by atoms with Crippen molar-refractivity contribution >= 4 is 0 Å². The van der Waals surface area contributed by atoms with E-state index in [1.165, 1.54) is 141 Å². The molecular weight excluding hydrogens is 336 g/mol. The van der Waals surface area contributed by atoms with E-state index < -0.39 is 0 Å². The van der Waals surface area contributed by atoms with Gasteiger partial charge in [0.1, 0.15) is 0 Å². The summed E-state index contributed by atoms with van der Waals surface area (Å²) in [7, 11) is 0. The maximum Gasteiger partial charge on any atom is -0.0326 e. The van der Waals surface area contributed by atoms with Crippen LogP contribution in [0.1, 0.15) is 155 Å². The van der Waals surface area contributed by atoms with E-state index in [0.29, 0.717) is 10.8 Å². The van der Waals surface area contributed by atoms with Gasteiger partial charge in [-0.15, -0.1) is 0 Å². The average Bonchev–Trinajstić information content (AvgIpc) is 2.67. The number of rotatable bonds is 0. The SMILES string of the molecule is CC12CCC/C=C/CCCC(C)(CCCCCCCC1)CCCCCCCC2. The van der Waals surface area contributed by atoms with Crippen molar-refractivity contribution in [3.8, 4) is 0 Å². The van der Waals surface area contributed by atoms with Crippen LogP contribution in [0.5, 0.6) is 0 Å². The summed E-state index contributed by atoms with van der Waals surface area (Å²) in [5.74, 6) is 0. The van der Waals surface area contributed by atoms with Crippen LogP contribution in [0.15, 0.2) is 12.2 Å². The molecule has 0 N–H and O–H groups in total. The Morgan fingerprint density at radius 2 is 0.607 bits per heavy atom. The molecule has 0 amide bonds. The fourth-order valence-electron chi connectivity index (χ4n) is 5.90. The van der Waals surface area contributed by atoms with Crippen LogP contribution >= 0.6 is 0 Å². The molecular formula is C28H52. The summed E-state index contributed by atoms with van der Waals surface area (Å²) >= 11 is 0. The van der Waals surface area contributed by atoms with Gasteiger partial charge in [0.05, 0.1) is 0 Å². The predicted octanol–water partition coefficient (Wildman–Crippen LogP) is 10.2. The highest BCUT2D eigenvalue weighted by atomic mass is 14.3. The number of hydrogen-bond donors (Lipinski definition) is 0. The van der Waals surface area contributed by atoms with Gasteiger partial charge >= 0.3 is 0 Å². The molecule has 2 bridgehead atoms. The van der Waals surface area contributed by atoms with Crippen LogP contribution in [0.4, 0.5) is 0 Å². The van der Waals surface area contributed by atoms with E-state index in [2.05, 4.69) is 26.0 Å². The van der Waals surface area contributed by atoms with Crippen LogP contribution < -0.4 is 0 Å². The molecule has 0 spiro atoms. The molecule has 0 heteroatoms. The zero-order valence-electron chi connectivity index (χ0n) is 19.7. The summed E-state index contributed by atoms with van der Waals surface area (Å²) in [6, 6.07) is 0. The zero-order chi connectivity index (χ0) is 20.0. The molecule has 164 valence electrons. The maximum atomic E-state index is 2.62. The van der Waals surface area contributed by atoms with Gasteiger partial charge in [-0.3, -0.25) is 0 Å². The van der Waals surface area contributed by atoms with Crippen molar-refractivity contribution in [3.05, 3.63) is 12.2 Å². The summed E-state index contributed by atoms with van der Waals surface area (Å²) in [6.07, 6.45) is 37.0. The number of hydrogen-bond acceptors (Lipinski definition) is 0. The Morgan fingerprint density at radius 3 is 0.929 bits per heavy atom. The standard InChI is InChI=1S/C28H52/c1-27-21-15-9-3-6-12-18-24-28(2,25-19-13-7-4-10-16-22-27)26-20-14-8-5-11-17-23-27/h3,6H,4-5,7-26H2,1-2H3/b6-3+. The molecule has 0 heterocycles. The highest BCUT2D eigenvalue weighted by molar-refractivity contribution is 4.85. The normalized spacial score (nSPS) is 35.1. The Balaban J connectivity index is 2.03. The fourth-order valence-corrected chi connectivity index (χ4v) is 5.90. The Hall–Kier alpha value is -0.260. The fraction of sp³-hybridized carbons (Fsp3) is 0.929. The lowest BCUT2D eigenvalue weighted by molar-refractivity contribution is 0.218. The van der Waals surface area contributed by atoms with Gasteiger partial charge in [0.25, 0.3) is 0 Å². The van der Waals surface area contributed by atoms with Crippen LogP contribution in [0, 0.1) is 10.8 Å². The minimum atomic E-state index is 0.618. The van der Waals surface area contributed by atoms with Gasteiger partial charge in [0.15, 0.2) is 0 Å². The molecule has 28 heavy (non-hydrogen) atoms. The second-order valence-electron chi connectivity index (χ2n) is 11.1. The molecule has 3 aliphatic rings. The third-order valence-electron chi connectivity index (χ3n) is 8.09. The first-order valence-electron chi connectivity index (χ1n) is 13.3. The second kappa shape index (κ2) is 13.9. The Kier molecular flexibility index (Phi) is 11.9. The Bertz CT molecular complexity index is 346. The molecule has 0 saturated heterocycles. The Morgan fingerprint density at radius 1 is 0.357 bits per heavy atom. The van der Waals surface area contributed by atoms with Crippen molar-refractivity contribution in [1.82, 2.24) is 0 Å². The number of allylic oxidation sites excluding steroid dienone is 2. The van der Waals surface area contributed by atoms with Gasteiger partial charge in [-0.1, -0.05) is 103 Å². The van der Waals surface area contributed by atoms with Crippen molar-refractivity contribution in [3.63, 3.8) is 0 Å². The molecule has 1 saturated carbocycles. The molecule has 1 fully saturated rings. The van der Waals surface area contributed by atoms with Crippen molar-refractivity contribution < 1.29 is 0 Å². The van der Waals surface area contributed by atoms with Crippen LogP contribution in [0.3, 0.4) is 0 Å². The smallest absolute Gasteiger partial charge is 0.0326 e. The molecule has 0 aromatic rings. The van der Waals surface area contributed by atoms with E-state index in [-0.39, 0.29) is 0 Å². The molecule has 0 aliphatic heterocycles. The first-order chi connectivity index (χ1) is 13.6. The lowest BCUT2D eigenvalue weighted by Crippen LogP contribution is -2.17. The first-order valence-corrected chi connectivity index (χ1v) is 13.3. The molecule has 0 aromatic carbocycles. The highest BCUT2D eigenvalue weighted by Gasteiger charge is 2.24. The minimum absolute atomic E-state index is 0.618. The molecule has 3 aliphatic carbocycles. The van der Waals surface area contributed by atoms with Crippen molar-refractivity contribution in [1.29, 1.82) is 0 Å². The minimum Gasteiger partial charge on any atom is -0.0885 e. The van der Waals surface area contributed by atoms with E-state index in [1.54, 1.807) is 0 Å². The van der Waals surface area contributed by atoms with E-state index in [1.807, 2.05) is 0 Å². The van der Waals surface area contributed by atoms with Gasteiger partial charge < -0.3 is 0 Å². The van der Waals surface area contributed by atoms with Gasteiger partial charge in [-0.05, 0) is 75.0 Å². The van der Waals surface area contributed by atoms with Crippen LogP contribution in [-0.4, -0.2) is 0 Å². The molecule has 0 radical (unpaired) electrons. The Labute approximate surface area is 178 Å². The van der Waals surface area contributed by atoms with Gasteiger partial charge in [-0.2, -0.15) is 0 Å². The van der Waals surface area contributed by atoms with E-state index in [4.69, 9.17) is 0 Å². The van der Waals surface area contributed by atoms with Crippen LogP contribution in [0.25, 0.3) is 0 Å². The number of fused-ring (bicyclic) bond motifs is 20. The van der Waals surface area contributed by atoms with Gasteiger partial charge in [-0.25, -0.2) is 0 Å². The monoisotopic (exact) mass is 388 g/mol. The van der Waals surface area contributed by atoms with E-state index >= 15 is 0 Å². The molecule has 0 atom stereocenters. The summed E-state index contributed by atoms with van der Waals surface area (Å²) < 4.78 is 0. The van der Waals surface area contributed by atoms with E-state index in [0.717, 1.165) is 0 Å². The van der Waals surface area contributed by atoms with Gasteiger partial charge in [0, 0.05) is 0 Å². The topological polar surface area (TPSA) is 0 Å². The van der Waals surface area contributed by atoms with Crippen LogP contribution in [-0.2, 0) is 0 Å². The third-order valence-corrected chi connectivity index (χ3v) is 8.09. The summed E-state index contributed by atoms with van der Waals surface area (Å²) in [5, 5.41) is 0. The molecule has 0 unspecified atom stereocenters. The van der Waals surface area contributed by atoms with Crippen molar-refractivity contribution in [2.45, 2.75) is 155 Å². The summed E-state index contributed by atoms with van der Waals surface area (Å²) in [4.78, 5) is 0. The largest absolute Gasteiger partial charge is 0.0885 e. The highest BCUT2D eigenvalue weighted by Crippen LogP contribution is 2.38. The van der Waals surface area contributed by atoms with Crippen molar-refractivity contribution in [2.75, 3.05) is 0 Å². The maximum absolute atomic E-state index is 2.62.